The van der Waals surface area contributed by atoms with Crippen LogP contribution in [0.3, 0.4) is 0 Å². The Kier molecular flexibility index (Phi) is 18.1. The van der Waals surface area contributed by atoms with Crippen LogP contribution < -0.4 is 0 Å². The van der Waals surface area contributed by atoms with Crippen LogP contribution in [0.5, 0.6) is 0 Å². The number of ether oxygens (including phenoxy) is 2. The molecule has 1 rings (SSSR count). The molecule has 1 fully saturated rings. The molecular weight excluding hydrogens is 380 g/mol. The third kappa shape index (κ3) is 13.3. The lowest BCUT2D eigenvalue weighted by molar-refractivity contribution is -0.211. The molecule has 1 aliphatic heterocycles. The highest BCUT2D eigenvalue weighted by atomic mass is 16.6. The van der Waals surface area contributed by atoms with E-state index in [1.165, 1.54) is 96.3 Å². The summed E-state index contributed by atoms with van der Waals surface area (Å²) in [7, 11) is 0. The SMILES string of the molecule is CCCCCCCCCCCCCCCCCCCO[C@@H]1[C@@H](O)[C@H](O)CO[C@H]1CO. The van der Waals surface area contributed by atoms with Crippen LogP contribution in [0.4, 0.5) is 0 Å². The number of unbranched alkanes of at least 4 members (excludes halogenated alkanes) is 16. The van der Waals surface area contributed by atoms with Gasteiger partial charge in [-0.05, 0) is 6.42 Å². The predicted molar refractivity (Wildman–Crippen MR) is 123 cm³/mol. The second kappa shape index (κ2) is 19.5. The minimum Gasteiger partial charge on any atom is -0.394 e. The molecule has 1 aliphatic rings. The Labute approximate surface area is 185 Å². The fourth-order valence-electron chi connectivity index (χ4n) is 4.26. The van der Waals surface area contributed by atoms with E-state index in [1.54, 1.807) is 0 Å². The second-order valence-electron chi connectivity index (χ2n) is 9.10. The highest BCUT2D eigenvalue weighted by Gasteiger charge is 2.39. The zero-order valence-corrected chi connectivity index (χ0v) is 19.6. The first kappa shape index (κ1) is 27.8. The van der Waals surface area contributed by atoms with Crippen LogP contribution in [-0.4, -0.2) is 59.6 Å². The first-order valence-electron chi connectivity index (χ1n) is 12.9. The number of hydrogen-bond acceptors (Lipinski definition) is 5. The van der Waals surface area contributed by atoms with Crippen LogP contribution in [0.15, 0.2) is 0 Å². The third-order valence-electron chi connectivity index (χ3n) is 6.32. The summed E-state index contributed by atoms with van der Waals surface area (Å²) in [5.41, 5.74) is 0. The van der Waals surface area contributed by atoms with Gasteiger partial charge in [0.05, 0.1) is 13.2 Å². The van der Waals surface area contributed by atoms with Crippen LogP contribution in [-0.2, 0) is 9.47 Å². The topological polar surface area (TPSA) is 79.2 Å². The van der Waals surface area contributed by atoms with Gasteiger partial charge in [-0.1, -0.05) is 110 Å². The van der Waals surface area contributed by atoms with Crippen LogP contribution in [0, 0.1) is 0 Å². The van der Waals surface area contributed by atoms with Crippen LogP contribution in [0.1, 0.15) is 116 Å². The number of hydrogen-bond donors (Lipinski definition) is 3. The maximum atomic E-state index is 10.0. The van der Waals surface area contributed by atoms with Crippen molar-refractivity contribution in [1.82, 2.24) is 0 Å². The zero-order chi connectivity index (χ0) is 21.9. The van der Waals surface area contributed by atoms with Gasteiger partial charge in [0.15, 0.2) is 0 Å². The van der Waals surface area contributed by atoms with Gasteiger partial charge in [0.25, 0.3) is 0 Å². The average molecular weight is 431 g/mol. The molecule has 0 aromatic rings. The highest BCUT2D eigenvalue weighted by molar-refractivity contribution is 4.87. The van der Waals surface area contributed by atoms with Gasteiger partial charge in [-0.25, -0.2) is 0 Å². The highest BCUT2D eigenvalue weighted by Crippen LogP contribution is 2.19. The van der Waals surface area contributed by atoms with Crippen molar-refractivity contribution in [2.24, 2.45) is 0 Å². The van der Waals surface area contributed by atoms with E-state index < -0.39 is 24.4 Å². The molecule has 30 heavy (non-hydrogen) atoms. The molecule has 180 valence electrons. The first-order chi connectivity index (χ1) is 14.7. The Morgan fingerprint density at radius 1 is 0.700 bits per heavy atom. The molecule has 0 aliphatic carbocycles. The summed E-state index contributed by atoms with van der Waals surface area (Å²) in [4.78, 5) is 0. The molecule has 0 saturated carbocycles. The van der Waals surface area contributed by atoms with Crippen molar-refractivity contribution in [2.75, 3.05) is 19.8 Å². The molecule has 0 unspecified atom stereocenters. The summed E-state index contributed by atoms with van der Waals surface area (Å²) in [6, 6.07) is 0. The lowest BCUT2D eigenvalue weighted by Gasteiger charge is -2.37. The van der Waals surface area contributed by atoms with E-state index >= 15 is 0 Å². The van der Waals surface area contributed by atoms with E-state index in [4.69, 9.17) is 9.47 Å². The molecule has 5 nitrogen and oxygen atoms in total. The van der Waals surface area contributed by atoms with Gasteiger partial charge < -0.3 is 24.8 Å². The maximum absolute atomic E-state index is 10.0. The van der Waals surface area contributed by atoms with Crippen molar-refractivity contribution < 1.29 is 24.8 Å². The standard InChI is InChI=1S/C25H50O5/c1-2-3-4-5-6-7-8-9-10-11-12-13-14-15-16-17-18-19-29-25-23(20-26)30-21-22(27)24(25)28/h22-28H,2-21H2,1H3/t22-,23+,24+,25+/m1/s1. The Balaban J connectivity index is 1.81. The van der Waals surface area contributed by atoms with Gasteiger partial charge in [0.1, 0.15) is 24.4 Å². The van der Waals surface area contributed by atoms with Gasteiger partial charge in [0.2, 0.25) is 0 Å². The molecule has 0 aromatic carbocycles. The Bertz CT molecular complexity index is 363. The fourth-order valence-corrected chi connectivity index (χ4v) is 4.26. The molecule has 1 heterocycles. The maximum Gasteiger partial charge on any atom is 0.114 e. The first-order valence-corrected chi connectivity index (χ1v) is 12.9. The molecule has 0 aromatic heterocycles. The number of aliphatic hydroxyl groups is 3. The summed E-state index contributed by atoms with van der Waals surface area (Å²) in [5, 5.41) is 29.0. The average Bonchev–Trinajstić information content (AvgIpc) is 2.75. The smallest absolute Gasteiger partial charge is 0.114 e. The van der Waals surface area contributed by atoms with E-state index in [2.05, 4.69) is 6.92 Å². The number of aliphatic hydroxyl groups excluding tert-OH is 3. The van der Waals surface area contributed by atoms with Gasteiger partial charge in [-0.15, -0.1) is 0 Å². The largest absolute Gasteiger partial charge is 0.394 e. The fraction of sp³-hybridized carbons (Fsp3) is 1.00. The van der Waals surface area contributed by atoms with E-state index in [-0.39, 0.29) is 13.2 Å². The van der Waals surface area contributed by atoms with Crippen molar-refractivity contribution in [3.05, 3.63) is 0 Å². The summed E-state index contributed by atoms with van der Waals surface area (Å²) >= 11 is 0. The van der Waals surface area contributed by atoms with Crippen molar-refractivity contribution in [2.45, 2.75) is 140 Å². The van der Waals surface area contributed by atoms with Gasteiger partial charge in [0, 0.05) is 6.61 Å². The van der Waals surface area contributed by atoms with Crippen molar-refractivity contribution in [1.29, 1.82) is 0 Å². The third-order valence-corrected chi connectivity index (χ3v) is 6.32. The molecule has 0 amide bonds. The normalized spacial score (nSPS) is 24.4. The van der Waals surface area contributed by atoms with E-state index in [1.807, 2.05) is 0 Å². The Morgan fingerprint density at radius 2 is 1.13 bits per heavy atom. The van der Waals surface area contributed by atoms with Gasteiger partial charge >= 0.3 is 0 Å². The Morgan fingerprint density at radius 3 is 1.57 bits per heavy atom. The van der Waals surface area contributed by atoms with E-state index in [9.17, 15) is 15.3 Å². The zero-order valence-electron chi connectivity index (χ0n) is 19.6. The molecule has 0 radical (unpaired) electrons. The predicted octanol–water partition coefficient (Wildman–Crippen LogP) is 5.14. The van der Waals surface area contributed by atoms with Crippen LogP contribution >= 0.6 is 0 Å². The van der Waals surface area contributed by atoms with Crippen LogP contribution in [0.25, 0.3) is 0 Å². The molecule has 3 N–H and O–H groups in total. The van der Waals surface area contributed by atoms with Gasteiger partial charge in [-0.3, -0.25) is 0 Å². The summed E-state index contributed by atoms with van der Waals surface area (Å²) in [6.45, 7) is 2.66. The van der Waals surface area contributed by atoms with Crippen molar-refractivity contribution >= 4 is 0 Å². The Hall–Kier alpha value is -0.200. The minimum atomic E-state index is -0.985. The lowest BCUT2D eigenvalue weighted by atomic mass is 10.0. The van der Waals surface area contributed by atoms with Crippen LogP contribution in [0.2, 0.25) is 0 Å². The summed E-state index contributed by atoms with van der Waals surface area (Å²) in [6.07, 6.45) is 19.6. The number of rotatable bonds is 20. The van der Waals surface area contributed by atoms with E-state index in [0.717, 1.165) is 12.8 Å². The quantitative estimate of drug-likeness (QED) is 0.233. The molecule has 1 saturated heterocycles. The summed E-state index contributed by atoms with van der Waals surface area (Å²) in [5.74, 6) is 0. The monoisotopic (exact) mass is 430 g/mol. The van der Waals surface area contributed by atoms with Gasteiger partial charge in [-0.2, -0.15) is 0 Å². The molecule has 0 spiro atoms. The molecule has 4 atom stereocenters. The molecular formula is C25H50O5. The van der Waals surface area contributed by atoms with E-state index in [0.29, 0.717) is 6.61 Å². The molecule has 5 heteroatoms. The minimum absolute atomic E-state index is 0.0470. The second-order valence-corrected chi connectivity index (χ2v) is 9.10. The molecule has 0 bridgehead atoms. The lowest BCUT2D eigenvalue weighted by Crippen LogP contribution is -2.55. The van der Waals surface area contributed by atoms with Crippen molar-refractivity contribution in [3.63, 3.8) is 0 Å². The summed E-state index contributed by atoms with van der Waals surface area (Å²) < 4.78 is 11.0. The van der Waals surface area contributed by atoms with Crippen molar-refractivity contribution in [3.8, 4) is 0 Å².